The molecule has 0 saturated heterocycles. The molecule has 3 aromatic carbocycles. The lowest BCUT2D eigenvalue weighted by Crippen LogP contribution is -2.47. The molecule has 0 aliphatic rings. The van der Waals surface area contributed by atoms with Gasteiger partial charge in [0.1, 0.15) is 12.6 Å². The third-order valence-electron chi connectivity index (χ3n) is 4.93. The third kappa shape index (κ3) is 5.92. The van der Waals surface area contributed by atoms with E-state index in [4.69, 9.17) is 0 Å². The monoisotopic (exact) mass is 451 g/mol. The Morgan fingerprint density at radius 3 is 1.84 bits per heavy atom. The van der Waals surface area contributed by atoms with Crippen molar-refractivity contribution in [3.05, 3.63) is 96.6 Å². The lowest BCUT2D eigenvalue weighted by molar-refractivity contribution is -0.139. The van der Waals surface area contributed by atoms with E-state index in [1.807, 2.05) is 91.0 Å². The molecule has 32 heavy (non-hydrogen) atoms. The van der Waals surface area contributed by atoms with E-state index in [2.05, 4.69) is 20.9 Å². The highest BCUT2D eigenvalue weighted by Gasteiger charge is 2.30. The number of ether oxygens (including phenoxy) is 1. The molecule has 0 unspecified atom stereocenters. The van der Waals surface area contributed by atoms with E-state index in [1.54, 1.807) is 0 Å². The maximum atomic E-state index is 14.2. The van der Waals surface area contributed by atoms with Crippen molar-refractivity contribution in [3.8, 4) is 0 Å². The second kappa shape index (κ2) is 11.4. The summed E-state index contributed by atoms with van der Waals surface area (Å²) in [5, 5.41) is 4.60. The second-order valence-electron chi connectivity index (χ2n) is 7.04. The van der Waals surface area contributed by atoms with Gasteiger partial charge in [0.25, 0.3) is 5.91 Å². The molecular formula is C24H26N3O4P. The first-order valence-electron chi connectivity index (χ1n) is 10.1. The maximum Gasteiger partial charge on any atom is 0.321 e. The van der Waals surface area contributed by atoms with Crippen LogP contribution in [0.25, 0.3) is 0 Å². The fourth-order valence-electron chi connectivity index (χ4n) is 3.24. The molecule has 1 amide bonds. The summed E-state index contributed by atoms with van der Waals surface area (Å²) in [7, 11) is -1.80. The highest BCUT2D eigenvalue weighted by atomic mass is 31.2. The molecule has 0 saturated carbocycles. The van der Waals surface area contributed by atoms with Gasteiger partial charge in [-0.15, -0.1) is 0 Å². The third-order valence-corrected chi connectivity index (χ3v) is 7.82. The van der Waals surface area contributed by atoms with Gasteiger partial charge in [-0.2, -0.15) is 0 Å². The van der Waals surface area contributed by atoms with Crippen molar-refractivity contribution in [2.75, 3.05) is 19.9 Å². The normalized spacial score (nSPS) is 12.0. The predicted molar refractivity (Wildman–Crippen MR) is 125 cm³/mol. The Hall–Kier alpha value is -3.25. The smallest absolute Gasteiger partial charge is 0.321 e. The summed E-state index contributed by atoms with van der Waals surface area (Å²) in [5.41, 5.74) is 5.79. The summed E-state index contributed by atoms with van der Waals surface area (Å²) >= 11 is 0. The highest BCUT2D eigenvalue weighted by Crippen LogP contribution is 2.42. The van der Waals surface area contributed by atoms with Crippen molar-refractivity contribution in [2.45, 2.75) is 6.04 Å². The quantitative estimate of drug-likeness (QED) is 0.248. The number of esters is 1. The van der Waals surface area contributed by atoms with Gasteiger partial charge >= 0.3 is 5.97 Å². The highest BCUT2D eigenvalue weighted by molar-refractivity contribution is 7.78. The minimum Gasteiger partial charge on any atom is -0.468 e. The number of hydrogen-bond donors (Lipinski definition) is 3. The minimum absolute atomic E-state index is 0.0744. The molecule has 0 aliphatic heterocycles. The second-order valence-corrected chi connectivity index (χ2v) is 9.86. The average Bonchev–Trinajstić information content (AvgIpc) is 2.85. The van der Waals surface area contributed by atoms with Crippen molar-refractivity contribution >= 4 is 29.6 Å². The summed E-state index contributed by atoms with van der Waals surface area (Å²) in [4.78, 5) is 24.2. The Balaban J connectivity index is 1.85. The molecule has 0 heterocycles. The van der Waals surface area contributed by atoms with E-state index in [-0.39, 0.29) is 12.8 Å². The van der Waals surface area contributed by atoms with E-state index < -0.39 is 25.1 Å². The van der Waals surface area contributed by atoms with Crippen LogP contribution in [0.1, 0.15) is 11.6 Å². The average molecular weight is 451 g/mol. The van der Waals surface area contributed by atoms with Crippen LogP contribution in [0.5, 0.6) is 0 Å². The van der Waals surface area contributed by atoms with Crippen LogP contribution in [0.2, 0.25) is 0 Å². The molecule has 8 heteroatoms. The first kappa shape index (κ1) is 23.4. The van der Waals surface area contributed by atoms with E-state index in [0.29, 0.717) is 16.2 Å². The van der Waals surface area contributed by atoms with Crippen LogP contribution in [0.15, 0.2) is 91.0 Å². The Morgan fingerprint density at radius 1 is 0.844 bits per heavy atom. The Morgan fingerprint density at radius 2 is 1.34 bits per heavy atom. The van der Waals surface area contributed by atoms with Gasteiger partial charge in [0.2, 0.25) is 0 Å². The van der Waals surface area contributed by atoms with Crippen LogP contribution < -0.4 is 26.8 Å². The Labute approximate surface area is 187 Å². The zero-order valence-corrected chi connectivity index (χ0v) is 18.6. The minimum atomic E-state index is -3.07. The molecule has 7 nitrogen and oxygen atoms in total. The molecule has 3 N–H and O–H groups in total. The first-order valence-corrected chi connectivity index (χ1v) is 12.0. The molecule has 0 radical (unpaired) electrons. The van der Waals surface area contributed by atoms with Crippen LogP contribution in [0, 0.1) is 0 Å². The fourth-order valence-corrected chi connectivity index (χ4v) is 5.65. The number of methoxy groups -OCH3 is 1. The summed E-state index contributed by atoms with van der Waals surface area (Å²) in [5.74, 6) is -0.917. The molecule has 3 aromatic rings. The van der Waals surface area contributed by atoms with Crippen molar-refractivity contribution in [1.82, 2.24) is 16.2 Å². The van der Waals surface area contributed by atoms with Gasteiger partial charge in [-0.3, -0.25) is 20.3 Å². The summed E-state index contributed by atoms with van der Waals surface area (Å²) < 4.78 is 18.8. The van der Waals surface area contributed by atoms with Gasteiger partial charge in [-0.1, -0.05) is 91.0 Å². The van der Waals surface area contributed by atoms with E-state index in [9.17, 15) is 14.2 Å². The van der Waals surface area contributed by atoms with E-state index in [0.717, 1.165) is 0 Å². The standard InChI is InChI=1S/C24H26N3O4P/c1-31-22(28)17-26-27-24(29)23(19-11-5-2-6-12-19)25-18-32(30,20-13-7-3-8-14-20)21-15-9-4-10-16-21/h2-16,23,25-26H,17-18H2,1H3,(H,27,29)/t23-/m1/s1. The zero-order chi connectivity index (χ0) is 22.8. The summed E-state index contributed by atoms with van der Waals surface area (Å²) in [6, 6.07) is 26.8. The van der Waals surface area contributed by atoms with Gasteiger partial charge in [0, 0.05) is 10.6 Å². The topological polar surface area (TPSA) is 96.5 Å². The lowest BCUT2D eigenvalue weighted by Gasteiger charge is -2.24. The van der Waals surface area contributed by atoms with Crippen LogP contribution in [-0.2, 0) is 18.9 Å². The number of hydrazine groups is 1. The molecule has 0 aromatic heterocycles. The zero-order valence-electron chi connectivity index (χ0n) is 17.7. The summed E-state index contributed by atoms with van der Waals surface area (Å²) in [6.07, 6.45) is 0.0744. The molecule has 3 rings (SSSR count). The Bertz CT molecular complexity index is 1020. The maximum absolute atomic E-state index is 14.2. The molecular weight excluding hydrogens is 425 g/mol. The number of nitrogens with one attached hydrogen (secondary N) is 3. The number of hydrogen-bond acceptors (Lipinski definition) is 6. The van der Waals surface area contributed by atoms with Gasteiger partial charge in [0.05, 0.1) is 13.4 Å². The van der Waals surface area contributed by atoms with Gasteiger partial charge < -0.3 is 9.30 Å². The van der Waals surface area contributed by atoms with Crippen LogP contribution in [0.3, 0.4) is 0 Å². The molecule has 0 aliphatic carbocycles. The van der Waals surface area contributed by atoms with Crippen molar-refractivity contribution in [2.24, 2.45) is 0 Å². The number of amides is 1. The van der Waals surface area contributed by atoms with Crippen molar-refractivity contribution < 1.29 is 18.9 Å². The SMILES string of the molecule is COC(=O)CNNC(=O)[C@H](NCP(=O)(c1ccccc1)c1ccccc1)c1ccccc1. The number of benzene rings is 3. The first-order chi connectivity index (χ1) is 15.5. The number of carbonyl (C=O) groups is 2. The number of rotatable bonds is 10. The van der Waals surface area contributed by atoms with Gasteiger partial charge in [-0.05, 0) is 5.56 Å². The van der Waals surface area contributed by atoms with Crippen LogP contribution in [-0.4, -0.2) is 31.8 Å². The molecule has 0 bridgehead atoms. The van der Waals surface area contributed by atoms with Gasteiger partial charge in [0.15, 0.2) is 7.14 Å². The molecule has 0 fully saturated rings. The van der Waals surface area contributed by atoms with E-state index >= 15 is 0 Å². The van der Waals surface area contributed by atoms with Gasteiger partial charge in [-0.25, -0.2) is 5.43 Å². The van der Waals surface area contributed by atoms with E-state index in [1.165, 1.54) is 7.11 Å². The van der Waals surface area contributed by atoms with Crippen molar-refractivity contribution in [3.63, 3.8) is 0 Å². The summed E-state index contributed by atoms with van der Waals surface area (Å²) in [6.45, 7) is -0.170. The Kier molecular flexibility index (Phi) is 8.34. The molecule has 166 valence electrons. The fraction of sp³-hybridized carbons (Fsp3) is 0.167. The lowest BCUT2D eigenvalue weighted by atomic mass is 10.1. The molecule has 0 spiro atoms. The predicted octanol–water partition coefficient (Wildman–Crippen LogP) is 2.08. The molecule has 1 atom stereocenters. The van der Waals surface area contributed by atoms with Crippen LogP contribution in [0.4, 0.5) is 0 Å². The van der Waals surface area contributed by atoms with Crippen LogP contribution >= 0.6 is 7.14 Å². The largest absolute Gasteiger partial charge is 0.468 e. The van der Waals surface area contributed by atoms with Crippen molar-refractivity contribution in [1.29, 1.82) is 0 Å². The number of carbonyl (C=O) groups excluding carboxylic acids is 2.